The normalized spacial score (nSPS) is 26.5. The number of aliphatic hydroxyl groups is 1. The van der Waals surface area contributed by atoms with Crippen molar-refractivity contribution < 1.29 is 24.2 Å². The second-order valence-electron chi connectivity index (χ2n) is 10.8. The number of unbranched alkanes of at least 4 members (excludes halogenated alkanes) is 2. The van der Waals surface area contributed by atoms with Gasteiger partial charge in [0.1, 0.15) is 11.8 Å². The van der Waals surface area contributed by atoms with Crippen LogP contribution in [0, 0.1) is 11.8 Å². The number of fused-ring (bicyclic) bond motifs is 1. The number of carbonyl (C=O) groups excluding carboxylic acids is 3. The van der Waals surface area contributed by atoms with Gasteiger partial charge in [-0.1, -0.05) is 31.9 Å². The lowest BCUT2D eigenvalue weighted by Gasteiger charge is -2.37. The van der Waals surface area contributed by atoms with E-state index in [2.05, 4.69) is 20.1 Å². The highest BCUT2D eigenvalue weighted by atomic mass is 32.2. The van der Waals surface area contributed by atoms with Crippen LogP contribution >= 0.6 is 11.8 Å². The van der Waals surface area contributed by atoms with E-state index in [-0.39, 0.29) is 36.1 Å². The van der Waals surface area contributed by atoms with Crippen LogP contribution in [0.5, 0.6) is 5.75 Å². The zero-order valence-electron chi connectivity index (χ0n) is 23.8. The summed E-state index contributed by atoms with van der Waals surface area (Å²) >= 11 is 1.65. The quantitative estimate of drug-likeness (QED) is 0.255. The third-order valence-corrected chi connectivity index (χ3v) is 10.3. The fourth-order valence-electron chi connectivity index (χ4n) is 6.76. The van der Waals surface area contributed by atoms with E-state index in [1.165, 1.54) is 0 Å². The number of amides is 3. The lowest BCUT2D eigenvalue weighted by Crippen LogP contribution is -2.55. The number of ether oxygens (including phenoxy) is 1. The lowest BCUT2D eigenvalue weighted by atomic mass is 9.70. The molecule has 0 saturated carbocycles. The molecule has 1 spiro atoms. The van der Waals surface area contributed by atoms with Crippen molar-refractivity contribution in [2.24, 2.45) is 11.8 Å². The summed E-state index contributed by atoms with van der Waals surface area (Å²) in [5.74, 6) is -0.856. The SMILES string of the molecule is C=CCN(CCCCC)C(=O)C1N(CCO)C(=O)[C@@H]2[C@@H](C(=O)N(CC=C)c3ccc(OCC)cc3)[C@H]3CCC12S3. The summed E-state index contributed by atoms with van der Waals surface area (Å²) < 4.78 is 4.88. The smallest absolute Gasteiger partial charge is 0.247 e. The zero-order valence-corrected chi connectivity index (χ0v) is 24.6. The maximum atomic E-state index is 14.3. The predicted octanol–water partition coefficient (Wildman–Crippen LogP) is 3.89. The minimum Gasteiger partial charge on any atom is -0.494 e. The average molecular weight is 570 g/mol. The van der Waals surface area contributed by atoms with Gasteiger partial charge in [-0.05, 0) is 50.5 Å². The summed E-state index contributed by atoms with van der Waals surface area (Å²) in [6.45, 7) is 13.4. The molecule has 3 aliphatic rings. The molecule has 8 nitrogen and oxygen atoms in total. The van der Waals surface area contributed by atoms with E-state index < -0.39 is 22.6 Å². The number of hydrogen-bond acceptors (Lipinski definition) is 6. The molecule has 0 aliphatic carbocycles. The first-order valence-corrected chi connectivity index (χ1v) is 15.4. The molecule has 3 heterocycles. The molecule has 2 unspecified atom stereocenters. The van der Waals surface area contributed by atoms with Crippen LogP contribution in [0.4, 0.5) is 5.69 Å². The summed E-state index contributed by atoms with van der Waals surface area (Å²) in [6.07, 6.45) is 7.81. The summed E-state index contributed by atoms with van der Waals surface area (Å²) in [5.41, 5.74) is 0.716. The first kappa shape index (κ1) is 30.2. The minimum absolute atomic E-state index is 0.0454. The van der Waals surface area contributed by atoms with Crippen LogP contribution < -0.4 is 9.64 Å². The molecule has 1 N–H and O–H groups in total. The molecule has 0 radical (unpaired) electrons. The number of rotatable bonds is 15. The van der Waals surface area contributed by atoms with Crippen LogP contribution in [0.1, 0.15) is 46.0 Å². The van der Waals surface area contributed by atoms with Crippen molar-refractivity contribution in [1.82, 2.24) is 9.80 Å². The third kappa shape index (κ3) is 5.42. The number of anilines is 1. The van der Waals surface area contributed by atoms with E-state index in [0.717, 1.165) is 31.4 Å². The standard InChI is InChI=1S/C31H43N3O5S/c1-5-9-10-19-32(17-6-2)30(38)27-31-16-15-24(40-31)25(26(31)29(37)34(27)20-21-35)28(36)33(18-7-3)22-11-13-23(14-12-22)39-8-4/h6-7,11-14,24-27,35H,2-3,5,8-10,15-21H2,1,4H3/t24-,25+,26+,27?,31?/m1/s1. The Labute approximate surface area is 242 Å². The molecule has 2 bridgehead atoms. The predicted molar refractivity (Wildman–Crippen MR) is 159 cm³/mol. The lowest BCUT2D eigenvalue weighted by molar-refractivity contribution is -0.143. The van der Waals surface area contributed by atoms with Gasteiger partial charge < -0.3 is 24.5 Å². The van der Waals surface area contributed by atoms with E-state index in [0.29, 0.717) is 38.3 Å². The van der Waals surface area contributed by atoms with Gasteiger partial charge in [0, 0.05) is 37.1 Å². The van der Waals surface area contributed by atoms with Gasteiger partial charge in [0.25, 0.3) is 0 Å². The van der Waals surface area contributed by atoms with Crippen molar-refractivity contribution in [3.05, 3.63) is 49.6 Å². The molecular weight excluding hydrogens is 526 g/mol. The number of aliphatic hydroxyl groups excluding tert-OH is 1. The maximum absolute atomic E-state index is 14.3. The minimum atomic E-state index is -0.704. The summed E-state index contributed by atoms with van der Waals surface area (Å²) in [7, 11) is 0. The van der Waals surface area contributed by atoms with Gasteiger partial charge in [0.2, 0.25) is 17.7 Å². The van der Waals surface area contributed by atoms with Gasteiger partial charge in [-0.2, -0.15) is 0 Å². The van der Waals surface area contributed by atoms with Gasteiger partial charge >= 0.3 is 0 Å². The van der Waals surface area contributed by atoms with Crippen molar-refractivity contribution in [3.8, 4) is 5.75 Å². The summed E-state index contributed by atoms with van der Waals surface area (Å²) in [4.78, 5) is 47.6. The van der Waals surface area contributed by atoms with Crippen LogP contribution in [0.3, 0.4) is 0 Å². The maximum Gasteiger partial charge on any atom is 0.247 e. The van der Waals surface area contributed by atoms with Crippen molar-refractivity contribution >= 4 is 35.2 Å². The van der Waals surface area contributed by atoms with Gasteiger partial charge in [-0.15, -0.1) is 24.9 Å². The Hall–Kier alpha value is -2.78. The van der Waals surface area contributed by atoms with Crippen LogP contribution in [0.25, 0.3) is 0 Å². The molecule has 9 heteroatoms. The van der Waals surface area contributed by atoms with Crippen molar-refractivity contribution in [1.29, 1.82) is 0 Å². The van der Waals surface area contributed by atoms with Crippen LogP contribution in [-0.2, 0) is 14.4 Å². The molecule has 3 fully saturated rings. The molecule has 218 valence electrons. The number of hydrogen-bond donors (Lipinski definition) is 1. The topological polar surface area (TPSA) is 90.4 Å². The van der Waals surface area contributed by atoms with Gasteiger partial charge in [0.05, 0.1) is 29.8 Å². The molecule has 5 atom stereocenters. The summed E-state index contributed by atoms with van der Waals surface area (Å²) in [5, 5.41) is 9.85. The van der Waals surface area contributed by atoms with E-state index in [4.69, 9.17) is 4.74 Å². The Balaban J connectivity index is 1.67. The highest BCUT2D eigenvalue weighted by Crippen LogP contribution is 2.66. The van der Waals surface area contributed by atoms with Crippen molar-refractivity contribution in [2.75, 3.05) is 44.3 Å². The highest BCUT2D eigenvalue weighted by Gasteiger charge is 2.74. The first-order chi connectivity index (χ1) is 19.4. The molecule has 40 heavy (non-hydrogen) atoms. The fraction of sp³-hybridized carbons (Fsp3) is 0.581. The van der Waals surface area contributed by atoms with Crippen LogP contribution in [-0.4, -0.2) is 88.1 Å². The second kappa shape index (κ2) is 13.3. The van der Waals surface area contributed by atoms with E-state index in [1.54, 1.807) is 38.6 Å². The molecule has 4 rings (SSSR count). The number of carbonyl (C=O) groups is 3. The molecule has 3 amide bonds. The zero-order chi connectivity index (χ0) is 28.9. The van der Waals surface area contributed by atoms with E-state index >= 15 is 0 Å². The third-order valence-electron chi connectivity index (χ3n) is 8.39. The van der Waals surface area contributed by atoms with E-state index in [9.17, 15) is 19.5 Å². The Morgan fingerprint density at radius 2 is 1.88 bits per heavy atom. The van der Waals surface area contributed by atoms with Crippen LogP contribution in [0.2, 0.25) is 0 Å². The Kier molecular flexibility index (Phi) is 10.0. The number of nitrogens with zero attached hydrogens (tertiary/aromatic N) is 3. The van der Waals surface area contributed by atoms with Crippen molar-refractivity contribution in [2.45, 2.75) is 62.0 Å². The van der Waals surface area contributed by atoms with Crippen molar-refractivity contribution in [3.63, 3.8) is 0 Å². The number of β-amino-alcohol motifs (C(OH)–C–C–N with tert-alkyl or cyclic N) is 1. The number of thioether (sulfide) groups is 1. The second-order valence-corrected chi connectivity index (χ2v) is 12.4. The fourth-order valence-corrected chi connectivity index (χ4v) is 8.96. The molecular formula is C31H43N3O5S. The van der Waals surface area contributed by atoms with Gasteiger partial charge in [-0.3, -0.25) is 14.4 Å². The molecule has 1 aromatic carbocycles. The number of likely N-dealkylation sites (tertiary alicyclic amines) is 1. The number of benzene rings is 1. The first-order valence-electron chi connectivity index (χ1n) is 14.5. The van der Waals surface area contributed by atoms with Crippen LogP contribution in [0.15, 0.2) is 49.6 Å². The Bertz CT molecular complexity index is 1090. The Morgan fingerprint density at radius 1 is 1.15 bits per heavy atom. The van der Waals surface area contributed by atoms with E-state index in [1.807, 2.05) is 31.2 Å². The average Bonchev–Trinajstić information content (AvgIpc) is 3.59. The molecule has 1 aromatic rings. The molecule has 3 aliphatic heterocycles. The van der Waals surface area contributed by atoms with Gasteiger partial charge in [0.15, 0.2) is 0 Å². The Morgan fingerprint density at radius 3 is 2.50 bits per heavy atom. The summed E-state index contributed by atoms with van der Waals surface area (Å²) in [6, 6.07) is 6.68. The largest absolute Gasteiger partial charge is 0.494 e. The van der Waals surface area contributed by atoms with Gasteiger partial charge in [-0.25, -0.2) is 0 Å². The molecule has 0 aromatic heterocycles. The molecule has 3 saturated heterocycles. The monoisotopic (exact) mass is 569 g/mol. The highest BCUT2D eigenvalue weighted by molar-refractivity contribution is 8.02.